The fourth-order valence-electron chi connectivity index (χ4n) is 4.48. The fourth-order valence-corrected chi connectivity index (χ4v) is 4.48. The van der Waals surface area contributed by atoms with Crippen molar-refractivity contribution in [3.8, 4) is 5.75 Å². The monoisotopic (exact) mass is 315 g/mol. The predicted octanol–water partition coefficient (Wildman–Crippen LogP) is 5.29. The normalized spacial score (nSPS) is 23.4. The quantitative estimate of drug-likeness (QED) is 0.608. The molecule has 2 heteroatoms. The number of fused-ring (bicyclic) bond motifs is 6. The van der Waals surface area contributed by atoms with Crippen LogP contribution in [0.3, 0.4) is 0 Å². The lowest BCUT2D eigenvalue weighted by molar-refractivity contribution is 0.136. The number of benzene rings is 3. The number of hydrogen-bond donors (Lipinski definition) is 1. The summed E-state index contributed by atoms with van der Waals surface area (Å²) in [6, 6.07) is 21.9. The summed E-state index contributed by atoms with van der Waals surface area (Å²) in [5.74, 6) is 1.44. The first-order chi connectivity index (χ1) is 11.7. The first kappa shape index (κ1) is 13.9. The molecule has 0 aromatic heterocycles. The van der Waals surface area contributed by atoms with Crippen LogP contribution in [-0.4, -0.2) is 6.61 Å². The van der Waals surface area contributed by atoms with E-state index in [1.54, 1.807) is 0 Å². The van der Waals surface area contributed by atoms with Gasteiger partial charge in [0.25, 0.3) is 0 Å². The van der Waals surface area contributed by atoms with Gasteiger partial charge >= 0.3 is 0 Å². The SMILES string of the molecule is CC1(C)c2ccc3ccccc3c2N[C@H]2c3ccccc3OC[C@H]21. The van der Waals surface area contributed by atoms with Crippen molar-refractivity contribution in [2.45, 2.75) is 25.3 Å². The zero-order chi connectivity index (χ0) is 16.3. The Morgan fingerprint density at radius 3 is 2.67 bits per heavy atom. The number of ether oxygens (including phenoxy) is 1. The van der Waals surface area contributed by atoms with Gasteiger partial charge in [0.15, 0.2) is 0 Å². The van der Waals surface area contributed by atoms with Crippen LogP contribution in [0.2, 0.25) is 0 Å². The molecule has 0 radical (unpaired) electrons. The molecule has 0 unspecified atom stereocenters. The molecule has 0 saturated carbocycles. The van der Waals surface area contributed by atoms with Crippen molar-refractivity contribution in [3.63, 3.8) is 0 Å². The van der Waals surface area contributed by atoms with Gasteiger partial charge in [-0.15, -0.1) is 0 Å². The van der Waals surface area contributed by atoms with Crippen LogP contribution >= 0.6 is 0 Å². The average Bonchev–Trinajstić information content (AvgIpc) is 2.61. The maximum Gasteiger partial charge on any atom is 0.124 e. The highest BCUT2D eigenvalue weighted by molar-refractivity contribution is 5.96. The van der Waals surface area contributed by atoms with Crippen LogP contribution in [-0.2, 0) is 5.41 Å². The van der Waals surface area contributed by atoms with Crippen molar-refractivity contribution in [3.05, 3.63) is 71.8 Å². The smallest absolute Gasteiger partial charge is 0.124 e. The van der Waals surface area contributed by atoms with Crippen molar-refractivity contribution in [2.75, 3.05) is 11.9 Å². The Balaban J connectivity index is 1.76. The Morgan fingerprint density at radius 1 is 0.958 bits per heavy atom. The van der Waals surface area contributed by atoms with Gasteiger partial charge in [0.1, 0.15) is 5.75 Å². The van der Waals surface area contributed by atoms with E-state index in [1.807, 2.05) is 0 Å². The van der Waals surface area contributed by atoms with Gasteiger partial charge in [-0.25, -0.2) is 0 Å². The summed E-state index contributed by atoms with van der Waals surface area (Å²) in [5.41, 5.74) is 4.02. The molecule has 2 aliphatic heterocycles. The Hall–Kier alpha value is -2.48. The van der Waals surface area contributed by atoms with E-state index in [2.05, 4.69) is 79.8 Å². The summed E-state index contributed by atoms with van der Waals surface area (Å²) in [6.07, 6.45) is 0. The topological polar surface area (TPSA) is 21.3 Å². The number of anilines is 1. The maximum absolute atomic E-state index is 6.09. The fraction of sp³-hybridized carbons (Fsp3) is 0.273. The minimum Gasteiger partial charge on any atom is -0.493 e. The average molecular weight is 315 g/mol. The Bertz CT molecular complexity index is 944. The summed E-state index contributed by atoms with van der Waals surface area (Å²) in [4.78, 5) is 0. The highest BCUT2D eigenvalue weighted by Gasteiger charge is 2.46. The van der Waals surface area contributed by atoms with E-state index in [0.29, 0.717) is 12.0 Å². The van der Waals surface area contributed by atoms with Crippen LogP contribution < -0.4 is 10.1 Å². The summed E-state index contributed by atoms with van der Waals surface area (Å²) >= 11 is 0. The standard InChI is InChI=1S/C22H21NO/c1-22(2)17-12-11-14-7-3-4-8-15(14)20(17)23-21-16-9-5-6-10-19(16)24-13-18(21)22/h3-12,18,21,23H,13H2,1-2H3/t18-,21+/m1/s1. The number of para-hydroxylation sites is 1. The van der Waals surface area contributed by atoms with Crippen molar-refractivity contribution in [1.29, 1.82) is 0 Å². The molecule has 0 fully saturated rings. The van der Waals surface area contributed by atoms with Crippen molar-refractivity contribution >= 4 is 16.5 Å². The van der Waals surface area contributed by atoms with Gasteiger partial charge in [-0.05, 0) is 17.0 Å². The van der Waals surface area contributed by atoms with Gasteiger partial charge in [0, 0.05) is 28.0 Å². The van der Waals surface area contributed by atoms with E-state index in [0.717, 1.165) is 12.4 Å². The lowest BCUT2D eigenvalue weighted by atomic mass is 9.65. The Kier molecular flexibility index (Phi) is 2.76. The van der Waals surface area contributed by atoms with E-state index in [9.17, 15) is 0 Å². The number of rotatable bonds is 0. The molecule has 0 saturated heterocycles. The second-order valence-corrected chi connectivity index (χ2v) is 7.51. The molecule has 2 heterocycles. The van der Waals surface area contributed by atoms with Gasteiger partial charge in [0.05, 0.1) is 12.6 Å². The van der Waals surface area contributed by atoms with E-state index in [1.165, 1.54) is 27.6 Å². The molecule has 0 amide bonds. The minimum atomic E-state index is 0.0583. The van der Waals surface area contributed by atoms with E-state index in [-0.39, 0.29) is 5.41 Å². The van der Waals surface area contributed by atoms with Gasteiger partial charge < -0.3 is 10.1 Å². The molecular formula is C22H21NO. The predicted molar refractivity (Wildman–Crippen MR) is 98.8 cm³/mol. The van der Waals surface area contributed by atoms with Crippen LogP contribution in [0.5, 0.6) is 5.75 Å². The van der Waals surface area contributed by atoms with Crippen molar-refractivity contribution in [1.82, 2.24) is 0 Å². The van der Waals surface area contributed by atoms with E-state index >= 15 is 0 Å². The van der Waals surface area contributed by atoms with Crippen LogP contribution in [0, 0.1) is 5.92 Å². The van der Waals surface area contributed by atoms with E-state index in [4.69, 9.17) is 4.74 Å². The van der Waals surface area contributed by atoms with Crippen LogP contribution in [0.15, 0.2) is 60.7 Å². The zero-order valence-corrected chi connectivity index (χ0v) is 14.0. The lowest BCUT2D eigenvalue weighted by Crippen LogP contribution is -2.46. The van der Waals surface area contributed by atoms with Gasteiger partial charge in [0.2, 0.25) is 0 Å². The van der Waals surface area contributed by atoms with Crippen LogP contribution in [0.4, 0.5) is 5.69 Å². The zero-order valence-electron chi connectivity index (χ0n) is 14.0. The molecule has 1 N–H and O–H groups in total. The third-order valence-electron chi connectivity index (χ3n) is 5.92. The third-order valence-corrected chi connectivity index (χ3v) is 5.92. The number of nitrogens with one attached hydrogen (secondary N) is 1. The van der Waals surface area contributed by atoms with Gasteiger partial charge in [-0.2, -0.15) is 0 Å². The first-order valence-electron chi connectivity index (χ1n) is 8.67. The molecule has 2 nitrogen and oxygen atoms in total. The molecular weight excluding hydrogens is 294 g/mol. The Labute approximate surface area is 142 Å². The molecule has 2 atom stereocenters. The highest BCUT2D eigenvalue weighted by atomic mass is 16.5. The minimum absolute atomic E-state index is 0.0583. The number of hydrogen-bond acceptors (Lipinski definition) is 2. The molecule has 5 rings (SSSR count). The second-order valence-electron chi connectivity index (χ2n) is 7.51. The molecule has 3 aromatic rings. The summed E-state index contributed by atoms with van der Waals surface area (Å²) in [7, 11) is 0. The van der Waals surface area contributed by atoms with Gasteiger partial charge in [-0.3, -0.25) is 0 Å². The summed E-state index contributed by atoms with van der Waals surface area (Å²) in [5, 5.41) is 6.47. The van der Waals surface area contributed by atoms with Crippen molar-refractivity contribution < 1.29 is 4.74 Å². The first-order valence-corrected chi connectivity index (χ1v) is 8.67. The summed E-state index contributed by atoms with van der Waals surface area (Å²) < 4.78 is 6.09. The van der Waals surface area contributed by atoms with Gasteiger partial charge in [-0.1, -0.05) is 68.4 Å². The molecule has 0 spiro atoms. The molecule has 0 bridgehead atoms. The van der Waals surface area contributed by atoms with Crippen LogP contribution in [0.1, 0.15) is 31.0 Å². The van der Waals surface area contributed by atoms with Crippen LogP contribution in [0.25, 0.3) is 10.8 Å². The molecule has 3 aromatic carbocycles. The molecule has 0 aliphatic carbocycles. The lowest BCUT2D eigenvalue weighted by Gasteiger charge is -2.48. The Morgan fingerprint density at radius 2 is 1.75 bits per heavy atom. The molecule has 2 aliphatic rings. The van der Waals surface area contributed by atoms with E-state index < -0.39 is 0 Å². The molecule has 120 valence electrons. The summed E-state index contributed by atoms with van der Waals surface area (Å²) in [6.45, 7) is 5.47. The largest absolute Gasteiger partial charge is 0.493 e. The third kappa shape index (κ3) is 1.77. The highest BCUT2D eigenvalue weighted by Crippen LogP contribution is 2.53. The molecule has 24 heavy (non-hydrogen) atoms. The second kappa shape index (κ2) is 4.76. The maximum atomic E-state index is 6.09. The van der Waals surface area contributed by atoms with Crippen molar-refractivity contribution in [2.24, 2.45) is 5.92 Å².